The van der Waals surface area contributed by atoms with Crippen LogP contribution < -0.4 is 5.73 Å². The molecule has 0 radical (unpaired) electrons. The number of primary amides is 1. The van der Waals surface area contributed by atoms with E-state index in [1.807, 2.05) is 6.92 Å². The van der Waals surface area contributed by atoms with Gasteiger partial charge in [0, 0.05) is 18.5 Å². The summed E-state index contributed by atoms with van der Waals surface area (Å²) in [5.41, 5.74) is 5.14. The highest BCUT2D eigenvalue weighted by Gasteiger charge is 2.16. The van der Waals surface area contributed by atoms with Gasteiger partial charge >= 0.3 is 6.03 Å². The van der Waals surface area contributed by atoms with Gasteiger partial charge in [-0.05, 0) is 6.92 Å². The molecular weight excluding hydrogens is 176 g/mol. The Morgan fingerprint density at radius 1 is 1.92 bits per heavy atom. The summed E-state index contributed by atoms with van der Waals surface area (Å²) in [5, 5.41) is 7.02. The molecule has 0 aliphatic carbocycles. The molecule has 1 rings (SSSR count). The van der Waals surface area contributed by atoms with Gasteiger partial charge in [0.15, 0.2) is 0 Å². The van der Waals surface area contributed by atoms with Gasteiger partial charge in [0.25, 0.3) is 0 Å². The van der Waals surface area contributed by atoms with Crippen molar-refractivity contribution in [3.63, 3.8) is 0 Å². The fourth-order valence-corrected chi connectivity index (χ4v) is 1.56. The SMILES string of the molecule is CCN(C(N)=O)N1CSCC=N1. The van der Waals surface area contributed by atoms with Gasteiger partial charge in [0.05, 0.1) is 0 Å². The van der Waals surface area contributed by atoms with Crippen molar-refractivity contribution in [3.05, 3.63) is 0 Å². The first-order chi connectivity index (χ1) is 5.75. The average Bonchev–Trinajstić information content (AvgIpc) is 2.07. The van der Waals surface area contributed by atoms with Crippen LogP contribution in [0.3, 0.4) is 0 Å². The summed E-state index contributed by atoms with van der Waals surface area (Å²) in [7, 11) is 0. The minimum Gasteiger partial charge on any atom is -0.350 e. The van der Waals surface area contributed by atoms with Gasteiger partial charge in [0.1, 0.15) is 5.88 Å². The van der Waals surface area contributed by atoms with Crippen molar-refractivity contribution < 1.29 is 4.79 Å². The highest BCUT2D eigenvalue weighted by molar-refractivity contribution is 7.99. The maximum atomic E-state index is 10.9. The van der Waals surface area contributed by atoms with E-state index in [1.165, 1.54) is 5.01 Å². The Bertz CT molecular complexity index is 196. The highest BCUT2D eigenvalue weighted by atomic mass is 32.2. The van der Waals surface area contributed by atoms with Gasteiger partial charge in [-0.25, -0.2) is 9.80 Å². The maximum absolute atomic E-state index is 10.9. The lowest BCUT2D eigenvalue weighted by atomic mass is 10.7. The van der Waals surface area contributed by atoms with Crippen molar-refractivity contribution in [3.8, 4) is 0 Å². The zero-order valence-electron chi connectivity index (χ0n) is 6.93. The van der Waals surface area contributed by atoms with E-state index in [9.17, 15) is 4.79 Å². The lowest BCUT2D eigenvalue weighted by molar-refractivity contribution is 0.0440. The summed E-state index contributed by atoms with van der Waals surface area (Å²) in [6.45, 7) is 2.41. The zero-order valence-corrected chi connectivity index (χ0v) is 7.75. The number of hydrogen-bond donors (Lipinski definition) is 1. The third kappa shape index (κ3) is 2.04. The van der Waals surface area contributed by atoms with E-state index in [1.54, 1.807) is 23.1 Å². The van der Waals surface area contributed by atoms with Crippen molar-refractivity contribution >= 4 is 24.0 Å². The Morgan fingerprint density at radius 3 is 3.08 bits per heavy atom. The number of hydrazine groups is 1. The van der Waals surface area contributed by atoms with Crippen LogP contribution in [0.5, 0.6) is 0 Å². The van der Waals surface area contributed by atoms with Crippen molar-refractivity contribution in [2.45, 2.75) is 6.92 Å². The summed E-state index contributed by atoms with van der Waals surface area (Å²) >= 11 is 1.69. The van der Waals surface area contributed by atoms with E-state index in [-0.39, 0.29) is 0 Å². The fourth-order valence-electron chi connectivity index (χ4n) is 0.913. The van der Waals surface area contributed by atoms with E-state index < -0.39 is 6.03 Å². The number of thioether (sulfide) groups is 1. The first-order valence-electron chi connectivity index (χ1n) is 3.70. The molecule has 0 spiro atoms. The molecule has 0 bridgehead atoms. The molecule has 0 saturated carbocycles. The second-order valence-electron chi connectivity index (χ2n) is 2.22. The molecule has 5 nitrogen and oxygen atoms in total. The number of carbonyl (C=O) groups excluding carboxylic acids is 1. The van der Waals surface area contributed by atoms with Gasteiger partial charge < -0.3 is 5.73 Å². The Labute approximate surface area is 75.5 Å². The maximum Gasteiger partial charge on any atom is 0.334 e. The predicted molar refractivity (Wildman–Crippen MR) is 49.6 cm³/mol. The van der Waals surface area contributed by atoms with E-state index in [0.29, 0.717) is 12.4 Å². The molecule has 0 fully saturated rings. The van der Waals surface area contributed by atoms with Crippen molar-refractivity contribution in [1.29, 1.82) is 0 Å². The molecule has 68 valence electrons. The monoisotopic (exact) mass is 188 g/mol. The summed E-state index contributed by atoms with van der Waals surface area (Å²) in [4.78, 5) is 10.9. The van der Waals surface area contributed by atoms with Crippen LogP contribution in [0.1, 0.15) is 6.92 Å². The topological polar surface area (TPSA) is 61.9 Å². The van der Waals surface area contributed by atoms with E-state index in [2.05, 4.69) is 5.10 Å². The number of rotatable bonds is 2. The summed E-state index contributed by atoms with van der Waals surface area (Å²) in [5.74, 6) is 1.58. The molecule has 0 atom stereocenters. The van der Waals surface area contributed by atoms with Crippen LogP contribution in [0.15, 0.2) is 5.10 Å². The lowest BCUT2D eigenvalue weighted by Gasteiger charge is -2.31. The van der Waals surface area contributed by atoms with Gasteiger partial charge in [-0.1, -0.05) is 0 Å². The summed E-state index contributed by atoms with van der Waals surface area (Å²) in [6.07, 6.45) is 1.76. The molecule has 6 heteroatoms. The Kier molecular flexibility index (Phi) is 3.21. The number of nitrogens with two attached hydrogens (primary N) is 1. The zero-order chi connectivity index (χ0) is 8.97. The number of hydrazone groups is 1. The van der Waals surface area contributed by atoms with Crippen LogP contribution in [0.4, 0.5) is 4.79 Å². The summed E-state index contributed by atoms with van der Waals surface area (Å²) < 4.78 is 0. The Hall–Kier alpha value is -0.910. The standard InChI is InChI=1S/C6H12N4OS/c1-2-9(6(7)11)10-5-12-4-3-8-10/h3H,2,4-5H2,1H3,(H2,7,11). The molecular formula is C6H12N4OS. The van der Waals surface area contributed by atoms with E-state index >= 15 is 0 Å². The minimum atomic E-state index is -0.461. The Balaban J connectivity index is 2.58. The highest BCUT2D eigenvalue weighted by Crippen LogP contribution is 2.10. The third-order valence-corrected chi connectivity index (χ3v) is 2.24. The van der Waals surface area contributed by atoms with Gasteiger partial charge in [-0.2, -0.15) is 10.2 Å². The van der Waals surface area contributed by atoms with Crippen molar-refractivity contribution in [1.82, 2.24) is 10.1 Å². The molecule has 2 amide bonds. The van der Waals surface area contributed by atoms with Crippen LogP contribution in [0.25, 0.3) is 0 Å². The number of amides is 2. The second-order valence-corrected chi connectivity index (χ2v) is 3.22. The van der Waals surface area contributed by atoms with Crippen LogP contribution in [-0.2, 0) is 0 Å². The first-order valence-corrected chi connectivity index (χ1v) is 4.85. The third-order valence-electron chi connectivity index (χ3n) is 1.45. The molecule has 12 heavy (non-hydrogen) atoms. The molecule has 0 aromatic carbocycles. The van der Waals surface area contributed by atoms with E-state index in [4.69, 9.17) is 5.73 Å². The largest absolute Gasteiger partial charge is 0.350 e. The van der Waals surface area contributed by atoms with Gasteiger partial charge in [-0.15, -0.1) is 11.8 Å². The molecule has 0 unspecified atom stereocenters. The van der Waals surface area contributed by atoms with E-state index in [0.717, 1.165) is 5.75 Å². The van der Waals surface area contributed by atoms with Crippen LogP contribution in [0.2, 0.25) is 0 Å². The number of carbonyl (C=O) groups is 1. The average molecular weight is 188 g/mol. The molecule has 0 aromatic rings. The predicted octanol–water partition coefficient (Wildman–Crippen LogP) is 0.294. The van der Waals surface area contributed by atoms with Crippen LogP contribution >= 0.6 is 11.8 Å². The van der Waals surface area contributed by atoms with Gasteiger partial charge in [-0.3, -0.25) is 0 Å². The molecule has 1 aliphatic heterocycles. The number of hydrogen-bond acceptors (Lipinski definition) is 4. The number of urea groups is 1. The number of nitrogens with zero attached hydrogens (tertiary/aromatic N) is 3. The molecule has 0 saturated heterocycles. The minimum absolute atomic E-state index is 0.461. The molecule has 2 N–H and O–H groups in total. The smallest absolute Gasteiger partial charge is 0.334 e. The van der Waals surface area contributed by atoms with Gasteiger partial charge in [0.2, 0.25) is 0 Å². The van der Waals surface area contributed by atoms with Crippen LogP contribution in [-0.4, -0.2) is 40.5 Å². The van der Waals surface area contributed by atoms with Crippen LogP contribution in [0, 0.1) is 0 Å². The second kappa shape index (κ2) is 4.20. The summed E-state index contributed by atoms with van der Waals surface area (Å²) in [6, 6.07) is -0.461. The normalized spacial score (nSPS) is 16.2. The quantitative estimate of drug-likeness (QED) is 0.677. The first kappa shape index (κ1) is 9.18. The van der Waals surface area contributed by atoms with Crippen molar-refractivity contribution in [2.24, 2.45) is 10.8 Å². The molecule has 1 heterocycles. The molecule has 1 aliphatic rings. The Morgan fingerprint density at radius 2 is 2.67 bits per heavy atom. The lowest BCUT2D eigenvalue weighted by Crippen LogP contribution is -2.47. The fraction of sp³-hybridized carbons (Fsp3) is 0.667. The van der Waals surface area contributed by atoms with Crippen molar-refractivity contribution in [2.75, 3.05) is 18.2 Å². The molecule has 0 aromatic heterocycles.